The molecule has 0 saturated carbocycles. The van der Waals surface area contributed by atoms with Gasteiger partial charge in [0, 0.05) is 6.42 Å². The quantitative estimate of drug-likeness (QED) is 0.0322. The molecule has 6 heteroatoms. The summed E-state index contributed by atoms with van der Waals surface area (Å²) in [7, 11) is 0. The molecule has 0 aromatic carbocycles. The number of aliphatic hydroxyl groups is 2. The first-order valence-electron chi connectivity index (χ1n) is 26.2. The minimum atomic E-state index is -0.795. The van der Waals surface area contributed by atoms with E-state index in [1.54, 1.807) is 0 Å². The minimum absolute atomic E-state index is 0.0553. The Labute approximate surface area is 373 Å². The average Bonchev–Trinajstić information content (AvgIpc) is 3.24. The van der Waals surface area contributed by atoms with Crippen LogP contribution in [0.4, 0.5) is 0 Å². The van der Waals surface area contributed by atoms with Crippen molar-refractivity contribution < 1.29 is 24.5 Å². The van der Waals surface area contributed by atoms with Crippen LogP contribution in [-0.2, 0) is 14.3 Å². The summed E-state index contributed by atoms with van der Waals surface area (Å²) in [4.78, 5) is 26.1. The molecule has 0 aromatic rings. The van der Waals surface area contributed by atoms with Gasteiger partial charge in [0.1, 0.15) is 6.10 Å². The molecule has 3 unspecified atom stereocenters. The van der Waals surface area contributed by atoms with Crippen LogP contribution in [0.15, 0.2) is 36.5 Å². The van der Waals surface area contributed by atoms with Crippen LogP contribution in [-0.4, -0.2) is 46.9 Å². The molecule has 0 rings (SSSR count). The highest BCUT2D eigenvalue weighted by molar-refractivity contribution is 5.77. The van der Waals surface area contributed by atoms with Gasteiger partial charge in [0.2, 0.25) is 5.91 Å². The fourth-order valence-corrected chi connectivity index (χ4v) is 7.97. The number of carbonyl (C=O) groups excluding carboxylic acids is 2. The molecular weight excluding hydrogens is 743 g/mol. The zero-order valence-corrected chi connectivity index (χ0v) is 40.1. The lowest BCUT2D eigenvalue weighted by atomic mass is 10.0. The average molecular weight is 844 g/mol. The Morgan fingerprint density at radius 1 is 0.483 bits per heavy atom. The highest BCUT2D eigenvalue weighted by Crippen LogP contribution is 2.18. The van der Waals surface area contributed by atoms with Crippen molar-refractivity contribution in [2.45, 2.75) is 289 Å². The van der Waals surface area contributed by atoms with Gasteiger partial charge in [0.05, 0.1) is 25.2 Å². The first-order chi connectivity index (χ1) is 29.5. The number of carbonyl (C=O) groups is 2. The topological polar surface area (TPSA) is 95.9 Å². The Morgan fingerprint density at radius 2 is 0.850 bits per heavy atom. The first kappa shape index (κ1) is 58.1. The summed E-state index contributed by atoms with van der Waals surface area (Å²) in [5.74, 6) is -0.503. The molecule has 0 fully saturated rings. The highest BCUT2D eigenvalue weighted by atomic mass is 16.5. The smallest absolute Gasteiger partial charge is 0.306 e. The first-order valence-corrected chi connectivity index (χ1v) is 26.2. The number of ether oxygens (including phenoxy) is 1. The van der Waals surface area contributed by atoms with Crippen LogP contribution < -0.4 is 5.32 Å². The van der Waals surface area contributed by atoms with Crippen LogP contribution >= 0.6 is 0 Å². The number of rotatable bonds is 47. The van der Waals surface area contributed by atoms with Gasteiger partial charge in [-0.05, 0) is 64.2 Å². The Hall–Kier alpha value is -1.92. The maximum atomic E-state index is 13.2. The molecular formula is C54H101NO5. The second kappa shape index (κ2) is 48.1. The van der Waals surface area contributed by atoms with Gasteiger partial charge in [-0.2, -0.15) is 0 Å². The van der Waals surface area contributed by atoms with E-state index in [9.17, 15) is 19.8 Å². The zero-order valence-electron chi connectivity index (χ0n) is 40.1. The van der Waals surface area contributed by atoms with E-state index in [0.29, 0.717) is 19.3 Å². The maximum absolute atomic E-state index is 13.2. The molecule has 0 spiro atoms. The molecule has 3 N–H and O–H groups in total. The van der Waals surface area contributed by atoms with Gasteiger partial charge in [-0.1, -0.05) is 231 Å². The molecule has 6 nitrogen and oxygen atoms in total. The standard InChI is InChI=1S/C54H101NO5/c1-4-7-10-13-16-19-22-24-26-28-30-32-34-37-40-43-46-52(57)51(49-56)55-53(58)48-50(60-54(59)47-44-41-38-35-21-18-15-12-9-6-3)45-42-39-36-33-31-29-27-25-23-20-17-14-11-8-5-2/h17,20,25,27,31,33,50-52,56-57H,4-16,18-19,21-24,26,28-30,32,34-49H2,1-3H3,(H,55,58)/b20-17-,27-25-,33-31-. The van der Waals surface area contributed by atoms with Crippen molar-refractivity contribution in [1.82, 2.24) is 5.32 Å². The van der Waals surface area contributed by atoms with Gasteiger partial charge in [-0.3, -0.25) is 9.59 Å². The van der Waals surface area contributed by atoms with E-state index in [0.717, 1.165) is 70.6 Å². The van der Waals surface area contributed by atoms with Crippen molar-refractivity contribution in [3.8, 4) is 0 Å². The van der Waals surface area contributed by atoms with Crippen LogP contribution in [0.1, 0.15) is 271 Å². The molecule has 3 atom stereocenters. The molecule has 0 aliphatic heterocycles. The number of amides is 1. The van der Waals surface area contributed by atoms with E-state index in [1.165, 1.54) is 154 Å². The number of unbranched alkanes of at least 4 members (excludes halogenated alkanes) is 29. The summed E-state index contributed by atoms with van der Waals surface area (Å²) in [6, 6.07) is -0.710. The molecule has 0 radical (unpaired) electrons. The second-order valence-electron chi connectivity index (χ2n) is 17.9. The van der Waals surface area contributed by atoms with Gasteiger partial charge in [-0.25, -0.2) is 0 Å². The Kier molecular flexibility index (Phi) is 46.6. The Morgan fingerprint density at radius 3 is 1.30 bits per heavy atom. The van der Waals surface area contributed by atoms with Crippen LogP contribution in [0, 0.1) is 0 Å². The van der Waals surface area contributed by atoms with Crippen molar-refractivity contribution in [1.29, 1.82) is 0 Å². The number of hydrogen-bond donors (Lipinski definition) is 3. The molecule has 352 valence electrons. The van der Waals surface area contributed by atoms with Gasteiger partial charge in [-0.15, -0.1) is 0 Å². The van der Waals surface area contributed by atoms with Crippen molar-refractivity contribution in [2.75, 3.05) is 6.61 Å². The summed E-state index contributed by atoms with van der Waals surface area (Å²) in [6.07, 6.45) is 56.3. The van der Waals surface area contributed by atoms with Crippen LogP contribution in [0.2, 0.25) is 0 Å². The number of aliphatic hydroxyl groups excluding tert-OH is 2. The van der Waals surface area contributed by atoms with Crippen molar-refractivity contribution >= 4 is 11.9 Å². The van der Waals surface area contributed by atoms with E-state index in [-0.39, 0.29) is 24.9 Å². The fraction of sp³-hybridized carbons (Fsp3) is 0.852. The molecule has 1 amide bonds. The van der Waals surface area contributed by atoms with Crippen molar-refractivity contribution in [2.24, 2.45) is 0 Å². The maximum Gasteiger partial charge on any atom is 0.306 e. The monoisotopic (exact) mass is 844 g/mol. The largest absolute Gasteiger partial charge is 0.462 e. The summed E-state index contributed by atoms with van der Waals surface area (Å²) < 4.78 is 5.90. The molecule has 60 heavy (non-hydrogen) atoms. The second-order valence-corrected chi connectivity index (χ2v) is 17.9. The Bertz CT molecular complexity index is 993. The third kappa shape index (κ3) is 42.8. The highest BCUT2D eigenvalue weighted by Gasteiger charge is 2.24. The fourth-order valence-electron chi connectivity index (χ4n) is 7.97. The van der Waals surface area contributed by atoms with Gasteiger partial charge < -0.3 is 20.3 Å². The number of esters is 1. The lowest BCUT2D eigenvalue weighted by Crippen LogP contribution is -2.46. The molecule has 0 aliphatic rings. The predicted molar refractivity (Wildman–Crippen MR) is 259 cm³/mol. The SMILES string of the molecule is CCCCC/C=C\C/C=C\C/C=C\CCCCC(CC(=O)NC(CO)C(O)CCCCCCCCCCCCCCCCCC)OC(=O)CCCCCCCCCCCC. The predicted octanol–water partition coefficient (Wildman–Crippen LogP) is 15.7. The number of hydrogen-bond acceptors (Lipinski definition) is 5. The van der Waals surface area contributed by atoms with Crippen LogP contribution in [0.3, 0.4) is 0 Å². The number of nitrogens with one attached hydrogen (secondary N) is 1. The zero-order chi connectivity index (χ0) is 43.8. The third-order valence-corrected chi connectivity index (χ3v) is 12.0. The molecule has 0 saturated heterocycles. The van der Waals surface area contributed by atoms with Crippen LogP contribution in [0.5, 0.6) is 0 Å². The van der Waals surface area contributed by atoms with Crippen molar-refractivity contribution in [3.63, 3.8) is 0 Å². The van der Waals surface area contributed by atoms with E-state index < -0.39 is 18.2 Å². The summed E-state index contributed by atoms with van der Waals surface area (Å²) in [5, 5.41) is 23.8. The van der Waals surface area contributed by atoms with Gasteiger partial charge in [0.15, 0.2) is 0 Å². The lowest BCUT2D eigenvalue weighted by Gasteiger charge is -2.24. The van der Waals surface area contributed by atoms with E-state index in [4.69, 9.17) is 4.74 Å². The normalized spacial score (nSPS) is 13.5. The molecule has 0 aromatic heterocycles. The summed E-state index contributed by atoms with van der Waals surface area (Å²) in [6.45, 7) is 6.45. The van der Waals surface area contributed by atoms with Crippen LogP contribution in [0.25, 0.3) is 0 Å². The van der Waals surface area contributed by atoms with Crippen molar-refractivity contribution in [3.05, 3.63) is 36.5 Å². The summed E-state index contributed by atoms with van der Waals surface area (Å²) >= 11 is 0. The van der Waals surface area contributed by atoms with Gasteiger partial charge >= 0.3 is 5.97 Å². The molecule has 0 aliphatic carbocycles. The lowest BCUT2D eigenvalue weighted by molar-refractivity contribution is -0.151. The third-order valence-electron chi connectivity index (χ3n) is 12.0. The Balaban J connectivity index is 4.56. The molecule has 0 heterocycles. The minimum Gasteiger partial charge on any atom is -0.462 e. The molecule has 0 bridgehead atoms. The van der Waals surface area contributed by atoms with E-state index >= 15 is 0 Å². The van der Waals surface area contributed by atoms with E-state index in [1.807, 2.05) is 0 Å². The summed E-state index contributed by atoms with van der Waals surface area (Å²) in [5.41, 5.74) is 0. The van der Waals surface area contributed by atoms with E-state index in [2.05, 4.69) is 62.5 Å². The number of allylic oxidation sites excluding steroid dienone is 6. The van der Waals surface area contributed by atoms with Gasteiger partial charge in [0.25, 0.3) is 0 Å².